The minimum absolute atomic E-state index is 0.106. The summed E-state index contributed by atoms with van der Waals surface area (Å²) in [6.07, 6.45) is 5.87. The SMILES string of the molecule is COC(=O)N[C@H](C(=O)N1CCC[C@H]1c1ncc(-c2ccc3cc(-c4ccc(-c5cnc([C@@H]6CCC(C#N)N6C(=O)[C@@H](c6ccccc6)N(C)C)[nH]5)cc4)ccc3c2)[nH]1)C(C)C. The zero-order valence-electron chi connectivity index (χ0n) is 35.1. The van der Waals surface area contributed by atoms with Crippen molar-refractivity contribution in [1.82, 2.24) is 40.0 Å². The number of aromatic amines is 2. The molecule has 13 nitrogen and oxygen atoms in total. The average molecular weight is 818 g/mol. The van der Waals surface area contributed by atoms with Crippen molar-refractivity contribution < 1.29 is 19.1 Å². The van der Waals surface area contributed by atoms with Gasteiger partial charge in [0.05, 0.1) is 49.0 Å². The van der Waals surface area contributed by atoms with Crippen LogP contribution < -0.4 is 5.32 Å². The Morgan fingerprint density at radius 3 is 2.03 bits per heavy atom. The number of amides is 3. The first kappa shape index (κ1) is 41.0. The number of aromatic nitrogens is 4. The van der Waals surface area contributed by atoms with Crippen LogP contribution in [0.5, 0.6) is 0 Å². The summed E-state index contributed by atoms with van der Waals surface area (Å²) in [5.74, 6) is 1.05. The van der Waals surface area contributed by atoms with Crippen LogP contribution in [0.25, 0.3) is 44.4 Å². The molecular weight excluding hydrogens is 767 g/mol. The van der Waals surface area contributed by atoms with Gasteiger partial charge in [0.25, 0.3) is 0 Å². The van der Waals surface area contributed by atoms with E-state index in [2.05, 4.69) is 82.0 Å². The monoisotopic (exact) mass is 817 g/mol. The number of rotatable bonds is 11. The maximum absolute atomic E-state index is 14.2. The van der Waals surface area contributed by atoms with Crippen LogP contribution in [0, 0.1) is 17.2 Å². The number of benzene rings is 4. The number of fused-ring (bicyclic) bond motifs is 1. The average Bonchev–Trinajstić information content (AvgIpc) is 4.12. The lowest BCUT2D eigenvalue weighted by molar-refractivity contribution is -0.138. The summed E-state index contributed by atoms with van der Waals surface area (Å²) in [5, 5.41) is 14.9. The van der Waals surface area contributed by atoms with Crippen molar-refractivity contribution in [2.45, 2.75) is 69.7 Å². The lowest BCUT2D eigenvalue weighted by atomic mass is 9.98. The van der Waals surface area contributed by atoms with Gasteiger partial charge in [0.2, 0.25) is 11.8 Å². The van der Waals surface area contributed by atoms with E-state index in [-0.39, 0.29) is 29.8 Å². The number of nitriles is 1. The number of nitrogens with one attached hydrogen (secondary N) is 3. The van der Waals surface area contributed by atoms with E-state index in [1.165, 1.54) is 7.11 Å². The third-order valence-corrected chi connectivity index (χ3v) is 12.1. The minimum Gasteiger partial charge on any atom is -0.453 e. The Kier molecular flexibility index (Phi) is 11.7. The van der Waals surface area contributed by atoms with Crippen molar-refractivity contribution in [3.05, 3.63) is 121 Å². The van der Waals surface area contributed by atoms with E-state index in [0.29, 0.717) is 25.2 Å². The van der Waals surface area contributed by atoms with Crippen LogP contribution in [-0.4, -0.2) is 92.4 Å². The number of likely N-dealkylation sites (tertiary alicyclic amines) is 2. The van der Waals surface area contributed by atoms with Crippen molar-refractivity contribution in [2.24, 2.45) is 5.92 Å². The van der Waals surface area contributed by atoms with E-state index in [9.17, 15) is 19.6 Å². The lowest BCUT2D eigenvalue weighted by Gasteiger charge is -2.33. The van der Waals surface area contributed by atoms with Gasteiger partial charge < -0.3 is 29.8 Å². The molecule has 1 unspecified atom stereocenters. The number of carbonyl (C=O) groups is 3. The molecule has 3 N–H and O–H groups in total. The molecule has 2 fully saturated rings. The van der Waals surface area contributed by atoms with E-state index in [1.807, 2.05) is 74.3 Å². The molecule has 5 atom stereocenters. The van der Waals surface area contributed by atoms with Crippen LogP contribution in [0.3, 0.4) is 0 Å². The Morgan fingerprint density at radius 2 is 1.39 bits per heavy atom. The second-order valence-electron chi connectivity index (χ2n) is 16.5. The van der Waals surface area contributed by atoms with Gasteiger partial charge in [0, 0.05) is 12.1 Å². The molecule has 4 aromatic carbocycles. The van der Waals surface area contributed by atoms with E-state index in [0.717, 1.165) is 68.6 Å². The summed E-state index contributed by atoms with van der Waals surface area (Å²) in [6, 6.07) is 30.9. The van der Waals surface area contributed by atoms with Crippen molar-refractivity contribution in [3.8, 4) is 39.7 Å². The van der Waals surface area contributed by atoms with Gasteiger partial charge in [-0.2, -0.15) is 5.26 Å². The van der Waals surface area contributed by atoms with Gasteiger partial charge in [0.15, 0.2) is 0 Å². The number of ether oxygens (including phenoxy) is 1. The third kappa shape index (κ3) is 8.23. The van der Waals surface area contributed by atoms with Gasteiger partial charge in [-0.25, -0.2) is 14.8 Å². The highest BCUT2D eigenvalue weighted by Crippen LogP contribution is 2.39. The molecule has 0 aliphatic carbocycles. The summed E-state index contributed by atoms with van der Waals surface area (Å²) in [5.41, 5.74) is 6.72. The Labute approximate surface area is 355 Å². The molecule has 0 bridgehead atoms. The first-order chi connectivity index (χ1) is 29.5. The van der Waals surface area contributed by atoms with Crippen LogP contribution in [-0.2, 0) is 14.3 Å². The van der Waals surface area contributed by atoms with Crippen molar-refractivity contribution in [3.63, 3.8) is 0 Å². The lowest BCUT2D eigenvalue weighted by Crippen LogP contribution is -2.51. The van der Waals surface area contributed by atoms with Crippen molar-refractivity contribution >= 4 is 28.7 Å². The fourth-order valence-corrected chi connectivity index (χ4v) is 8.88. The Hall–Kier alpha value is -6.78. The van der Waals surface area contributed by atoms with E-state index in [4.69, 9.17) is 14.7 Å². The van der Waals surface area contributed by atoms with Crippen LogP contribution >= 0.6 is 0 Å². The number of hydrogen-bond donors (Lipinski definition) is 3. The van der Waals surface area contributed by atoms with Crippen molar-refractivity contribution in [1.29, 1.82) is 5.26 Å². The molecule has 2 aromatic heterocycles. The number of imidazole rings is 2. The summed E-state index contributed by atoms with van der Waals surface area (Å²) < 4.78 is 4.77. The zero-order chi connectivity index (χ0) is 42.8. The van der Waals surface area contributed by atoms with E-state index < -0.39 is 24.2 Å². The van der Waals surface area contributed by atoms with Crippen LogP contribution in [0.1, 0.15) is 74.9 Å². The summed E-state index contributed by atoms with van der Waals surface area (Å²) >= 11 is 0. The maximum Gasteiger partial charge on any atom is 0.407 e. The molecule has 4 heterocycles. The molecule has 2 aliphatic rings. The third-order valence-electron chi connectivity index (χ3n) is 12.1. The number of H-pyrrole nitrogens is 2. The number of alkyl carbamates (subject to hydrolysis) is 1. The first-order valence-corrected chi connectivity index (χ1v) is 20.9. The minimum atomic E-state index is -0.689. The van der Waals surface area contributed by atoms with Crippen LogP contribution in [0.15, 0.2) is 103 Å². The van der Waals surface area contributed by atoms with E-state index >= 15 is 0 Å². The second-order valence-corrected chi connectivity index (χ2v) is 16.5. The molecule has 312 valence electrons. The van der Waals surface area contributed by atoms with Gasteiger partial charge in [-0.3, -0.25) is 14.5 Å². The Morgan fingerprint density at radius 1 is 0.787 bits per heavy atom. The highest BCUT2D eigenvalue weighted by Gasteiger charge is 2.43. The van der Waals surface area contributed by atoms with Crippen LogP contribution in [0.4, 0.5) is 4.79 Å². The molecule has 2 aliphatic heterocycles. The Balaban J connectivity index is 0.958. The molecule has 13 heteroatoms. The molecule has 8 rings (SSSR count). The first-order valence-electron chi connectivity index (χ1n) is 20.9. The summed E-state index contributed by atoms with van der Waals surface area (Å²) in [4.78, 5) is 61.6. The van der Waals surface area contributed by atoms with E-state index in [1.54, 1.807) is 11.1 Å². The van der Waals surface area contributed by atoms with Gasteiger partial charge in [-0.15, -0.1) is 0 Å². The predicted molar refractivity (Wildman–Crippen MR) is 233 cm³/mol. The number of likely N-dealkylation sites (N-methyl/N-ethyl adjacent to an activating group) is 1. The molecule has 3 amide bonds. The summed E-state index contributed by atoms with van der Waals surface area (Å²) in [6.45, 7) is 4.41. The summed E-state index contributed by atoms with van der Waals surface area (Å²) in [7, 11) is 5.07. The van der Waals surface area contributed by atoms with Gasteiger partial charge >= 0.3 is 6.09 Å². The molecule has 0 radical (unpaired) electrons. The normalized spacial score (nSPS) is 18.7. The quantitative estimate of drug-likeness (QED) is 0.118. The maximum atomic E-state index is 14.2. The highest BCUT2D eigenvalue weighted by molar-refractivity contribution is 5.91. The standard InChI is InChI=1S/C48H51N9O4/c1-29(2)42(54-48(60)61-5)46(58)56-23-9-12-40(56)44-50-28-39(53-44)36-20-19-34-24-33(17-18-35(34)25-36)30-13-15-31(16-14-30)38-27-51-45(52-38)41-22-21-37(26-49)57(41)47(59)43(55(3)4)32-10-7-6-8-11-32/h6-8,10-11,13-20,24-25,27-29,37,40-43H,9,12,21-23H2,1-5H3,(H,50,53)(H,51,52)(H,54,60)/t37?,40-,41-,42-,43+/m0/s1. The van der Waals surface area contributed by atoms with Gasteiger partial charge in [-0.1, -0.05) is 92.7 Å². The molecule has 0 saturated carbocycles. The zero-order valence-corrected chi connectivity index (χ0v) is 35.1. The molecule has 0 spiro atoms. The number of hydrogen-bond acceptors (Lipinski definition) is 8. The molecule has 6 aromatic rings. The van der Waals surface area contributed by atoms with Crippen molar-refractivity contribution in [2.75, 3.05) is 27.7 Å². The molecule has 2 saturated heterocycles. The number of nitrogens with zero attached hydrogens (tertiary/aromatic N) is 6. The van der Waals surface area contributed by atoms with Gasteiger partial charge in [-0.05, 0) is 90.9 Å². The fourth-order valence-electron chi connectivity index (χ4n) is 8.88. The second kappa shape index (κ2) is 17.4. The number of methoxy groups -OCH3 is 1. The number of carbonyl (C=O) groups excluding carboxylic acids is 3. The van der Waals surface area contributed by atoms with Gasteiger partial charge in [0.1, 0.15) is 29.8 Å². The van der Waals surface area contributed by atoms with Crippen LogP contribution in [0.2, 0.25) is 0 Å². The largest absolute Gasteiger partial charge is 0.453 e. The molecule has 61 heavy (non-hydrogen) atoms. The Bertz CT molecular complexity index is 2580. The highest BCUT2D eigenvalue weighted by atomic mass is 16.5. The molecular formula is C48H51N9O4. The fraction of sp³-hybridized carbons (Fsp3) is 0.333. The smallest absolute Gasteiger partial charge is 0.407 e. The predicted octanol–water partition coefficient (Wildman–Crippen LogP) is 8.19. The topological polar surface area (TPSA) is 163 Å².